The molecule has 0 aliphatic rings. The Bertz CT molecular complexity index is 697. The average molecular weight is 308 g/mol. The van der Waals surface area contributed by atoms with E-state index in [-0.39, 0.29) is 5.69 Å². The SMILES string of the molecule is Cc1ccc(Cl)cc1NC(=O)c1ccnn1C(C)C(=O)O. The molecule has 0 radical (unpaired) electrons. The van der Waals surface area contributed by atoms with Crippen LogP contribution in [0.1, 0.15) is 29.0 Å². The number of carbonyl (C=O) groups excluding carboxylic acids is 1. The highest BCUT2D eigenvalue weighted by atomic mass is 35.5. The largest absolute Gasteiger partial charge is 0.480 e. The number of aliphatic carboxylic acids is 1. The quantitative estimate of drug-likeness (QED) is 0.909. The van der Waals surface area contributed by atoms with Crippen molar-refractivity contribution >= 4 is 29.2 Å². The Morgan fingerprint density at radius 1 is 1.38 bits per heavy atom. The van der Waals surface area contributed by atoms with Gasteiger partial charge in [0.05, 0.1) is 0 Å². The van der Waals surface area contributed by atoms with Crippen molar-refractivity contribution in [3.63, 3.8) is 0 Å². The summed E-state index contributed by atoms with van der Waals surface area (Å²) in [6.07, 6.45) is 1.39. The molecular formula is C14H14ClN3O3. The molecule has 2 N–H and O–H groups in total. The van der Waals surface area contributed by atoms with Crippen molar-refractivity contribution in [1.29, 1.82) is 0 Å². The lowest BCUT2D eigenvalue weighted by Crippen LogP contribution is -2.24. The molecule has 0 fully saturated rings. The van der Waals surface area contributed by atoms with E-state index in [9.17, 15) is 9.59 Å². The zero-order valence-corrected chi connectivity index (χ0v) is 12.3. The van der Waals surface area contributed by atoms with Gasteiger partial charge in [-0.05, 0) is 37.6 Å². The third kappa shape index (κ3) is 3.22. The normalized spacial score (nSPS) is 12.0. The fourth-order valence-electron chi connectivity index (χ4n) is 1.82. The van der Waals surface area contributed by atoms with Crippen LogP contribution in [0.5, 0.6) is 0 Å². The Kier molecular flexibility index (Phi) is 4.28. The number of carbonyl (C=O) groups is 2. The summed E-state index contributed by atoms with van der Waals surface area (Å²) in [5.41, 5.74) is 1.60. The lowest BCUT2D eigenvalue weighted by atomic mass is 10.2. The molecule has 0 spiro atoms. The average Bonchev–Trinajstić information content (AvgIpc) is 2.91. The zero-order valence-electron chi connectivity index (χ0n) is 11.5. The van der Waals surface area contributed by atoms with Crippen molar-refractivity contribution in [3.8, 4) is 0 Å². The van der Waals surface area contributed by atoms with Crippen LogP contribution in [0.2, 0.25) is 5.02 Å². The van der Waals surface area contributed by atoms with Crippen LogP contribution in [0, 0.1) is 6.92 Å². The predicted octanol–water partition coefficient (Wildman–Crippen LogP) is 2.74. The molecule has 1 unspecified atom stereocenters. The van der Waals surface area contributed by atoms with Gasteiger partial charge < -0.3 is 10.4 Å². The number of nitrogens with zero attached hydrogens (tertiary/aromatic N) is 2. The third-order valence-electron chi connectivity index (χ3n) is 3.07. The van der Waals surface area contributed by atoms with Gasteiger partial charge in [0.1, 0.15) is 11.7 Å². The Morgan fingerprint density at radius 2 is 2.10 bits per heavy atom. The summed E-state index contributed by atoms with van der Waals surface area (Å²) in [7, 11) is 0. The molecule has 0 aliphatic carbocycles. The van der Waals surface area contributed by atoms with Crippen molar-refractivity contribution in [2.45, 2.75) is 19.9 Å². The number of nitrogens with one attached hydrogen (secondary N) is 1. The first-order valence-corrected chi connectivity index (χ1v) is 6.61. The summed E-state index contributed by atoms with van der Waals surface area (Å²) < 4.78 is 1.16. The van der Waals surface area contributed by atoms with Crippen molar-refractivity contribution in [2.75, 3.05) is 5.32 Å². The summed E-state index contributed by atoms with van der Waals surface area (Å²) in [5, 5.41) is 16.1. The maximum absolute atomic E-state index is 12.3. The van der Waals surface area contributed by atoms with E-state index in [1.54, 1.807) is 18.2 Å². The van der Waals surface area contributed by atoms with E-state index in [0.717, 1.165) is 10.2 Å². The molecule has 1 aromatic heterocycles. The van der Waals surface area contributed by atoms with Crippen molar-refractivity contribution < 1.29 is 14.7 Å². The molecule has 1 heterocycles. The molecule has 2 rings (SSSR count). The van der Waals surface area contributed by atoms with Crippen molar-refractivity contribution in [1.82, 2.24) is 9.78 Å². The molecule has 1 atom stereocenters. The van der Waals surface area contributed by atoms with E-state index in [0.29, 0.717) is 10.7 Å². The fourth-order valence-corrected chi connectivity index (χ4v) is 1.99. The van der Waals surface area contributed by atoms with Crippen molar-refractivity contribution in [2.24, 2.45) is 0 Å². The van der Waals surface area contributed by atoms with Crippen molar-refractivity contribution in [3.05, 3.63) is 46.7 Å². The molecule has 0 saturated carbocycles. The Morgan fingerprint density at radius 3 is 2.76 bits per heavy atom. The fraction of sp³-hybridized carbons (Fsp3) is 0.214. The number of halogens is 1. The standard InChI is InChI=1S/C14H14ClN3O3/c1-8-3-4-10(15)7-11(8)17-13(19)12-5-6-16-18(12)9(2)14(20)21/h3-7,9H,1-2H3,(H,17,19)(H,20,21). The first kappa shape index (κ1) is 15.1. The molecule has 7 heteroatoms. The lowest BCUT2D eigenvalue weighted by Gasteiger charge is -2.13. The summed E-state index contributed by atoms with van der Waals surface area (Å²) >= 11 is 5.90. The minimum absolute atomic E-state index is 0.171. The van der Waals surface area contributed by atoms with Gasteiger partial charge >= 0.3 is 5.97 Å². The summed E-state index contributed by atoms with van der Waals surface area (Å²) in [6.45, 7) is 3.29. The summed E-state index contributed by atoms with van der Waals surface area (Å²) in [5.74, 6) is -1.50. The summed E-state index contributed by atoms with van der Waals surface area (Å²) in [6, 6.07) is 5.68. The van der Waals surface area contributed by atoms with Crippen LogP contribution >= 0.6 is 11.6 Å². The molecule has 21 heavy (non-hydrogen) atoms. The first-order chi connectivity index (χ1) is 9.90. The molecule has 110 valence electrons. The molecule has 0 saturated heterocycles. The second-order valence-corrected chi connectivity index (χ2v) is 5.03. The van der Waals surface area contributed by atoms with Gasteiger partial charge in [-0.1, -0.05) is 17.7 Å². The van der Waals surface area contributed by atoms with Gasteiger partial charge in [-0.15, -0.1) is 0 Å². The number of hydrogen-bond acceptors (Lipinski definition) is 3. The number of amides is 1. The highest BCUT2D eigenvalue weighted by Crippen LogP contribution is 2.21. The van der Waals surface area contributed by atoms with Crippen LogP contribution in [0.3, 0.4) is 0 Å². The predicted molar refractivity (Wildman–Crippen MR) is 78.7 cm³/mol. The van der Waals surface area contributed by atoms with E-state index in [1.165, 1.54) is 19.2 Å². The Balaban J connectivity index is 2.27. The van der Waals surface area contributed by atoms with Crippen LogP contribution in [0.25, 0.3) is 0 Å². The number of carboxylic acid groups (broad SMARTS) is 1. The number of aromatic nitrogens is 2. The van der Waals surface area contributed by atoms with Crippen LogP contribution in [0.4, 0.5) is 5.69 Å². The van der Waals surface area contributed by atoms with Gasteiger partial charge in [0.25, 0.3) is 5.91 Å². The topological polar surface area (TPSA) is 84.2 Å². The number of benzene rings is 1. The second-order valence-electron chi connectivity index (χ2n) is 4.59. The molecule has 1 aromatic carbocycles. The minimum Gasteiger partial charge on any atom is -0.480 e. The van der Waals surface area contributed by atoms with Gasteiger partial charge in [-0.2, -0.15) is 5.10 Å². The van der Waals surface area contributed by atoms with E-state index < -0.39 is 17.9 Å². The highest BCUT2D eigenvalue weighted by molar-refractivity contribution is 6.31. The van der Waals surface area contributed by atoms with Crippen LogP contribution < -0.4 is 5.32 Å². The molecule has 0 aliphatic heterocycles. The number of carboxylic acids is 1. The van der Waals surface area contributed by atoms with Crippen LogP contribution in [0.15, 0.2) is 30.5 Å². The molecule has 2 aromatic rings. The van der Waals surface area contributed by atoms with E-state index in [2.05, 4.69) is 10.4 Å². The maximum atomic E-state index is 12.3. The third-order valence-corrected chi connectivity index (χ3v) is 3.31. The molecular weight excluding hydrogens is 294 g/mol. The first-order valence-electron chi connectivity index (χ1n) is 6.24. The van der Waals surface area contributed by atoms with Gasteiger partial charge in [0.2, 0.25) is 0 Å². The Hall–Kier alpha value is -2.34. The van der Waals surface area contributed by atoms with Gasteiger partial charge in [0.15, 0.2) is 0 Å². The lowest BCUT2D eigenvalue weighted by molar-refractivity contribution is -0.140. The number of rotatable bonds is 4. The number of hydrogen-bond donors (Lipinski definition) is 2. The van der Waals surface area contributed by atoms with Crippen LogP contribution in [-0.4, -0.2) is 26.8 Å². The van der Waals surface area contributed by atoms with E-state index >= 15 is 0 Å². The molecule has 0 bridgehead atoms. The van der Waals surface area contributed by atoms with E-state index in [4.69, 9.17) is 16.7 Å². The van der Waals surface area contributed by atoms with Crippen LogP contribution in [-0.2, 0) is 4.79 Å². The molecule has 1 amide bonds. The number of aryl methyl sites for hydroxylation is 1. The monoisotopic (exact) mass is 307 g/mol. The van der Waals surface area contributed by atoms with Gasteiger partial charge in [0, 0.05) is 16.9 Å². The van der Waals surface area contributed by atoms with Gasteiger partial charge in [-0.25, -0.2) is 9.48 Å². The molecule has 6 nitrogen and oxygen atoms in total. The van der Waals surface area contributed by atoms with Gasteiger partial charge in [-0.3, -0.25) is 4.79 Å². The highest BCUT2D eigenvalue weighted by Gasteiger charge is 2.21. The number of anilines is 1. The second kappa shape index (κ2) is 5.97. The summed E-state index contributed by atoms with van der Waals surface area (Å²) in [4.78, 5) is 23.3. The zero-order chi connectivity index (χ0) is 15.6. The maximum Gasteiger partial charge on any atom is 0.328 e. The Labute approximate surface area is 126 Å². The van der Waals surface area contributed by atoms with E-state index in [1.807, 2.05) is 6.92 Å². The minimum atomic E-state index is -1.06. The smallest absolute Gasteiger partial charge is 0.328 e.